The molecule has 3 N–H and O–H groups in total. The maximum atomic E-state index is 12.2. The molecule has 7 nitrogen and oxygen atoms in total. The number of aryl methyl sites for hydroxylation is 2. The van der Waals surface area contributed by atoms with E-state index in [-0.39, 0.29) is 18.4 Å². The lowest BCUT2D eigenvalue weighted by Crippen LogP contribution is -2.43. The molecule has 142 valence electrons. The topological polar surface area (TPSA) is 86.4 Å². The summed E-state index contributed by atoms with van der Waals surface area (Å²) in [7, 11) is 3.86. The number of nitrogens with zero attached hydrogens (tertiary/aromatic N) is 2. The molecule has 3 aromatic rings. The van der Waals surface area contributed by atoms with E-state index in [1.807, 2.05) is 51.0 Å². The van der Waals surface area contributed by atoms with Gasteiger partial charge in [-0.2, -0.15) is 0 Å². The van der Waals surface area contributed by atoms with Gasteiger partial charge in [-0.3, -0.25) is 20.4 Å². The summed E-state index contributed by atoms with van der Waals surface area (Å²) in [5.74, 6) is -0.675. The minimum absolute atomic E-state index is 0.0669. The van der Waals surface area contributed by atoms with Crippen LogP contribution in [0.5, 0.6) is 0 Å². The Kier molecular flexibility index (Phi) is 5.62. The Labute approximate surface area is 165 Å². The van der Waals surface area contributed by atoms with Crippen LogP contribution in [0.3, 0.4) is 0 Å². The molecule has 0 spiro atoms. The van der Waals surface area contributed by atoms with Gasteiger partial charge in [0.1, 0.15) is 4.83 Å². The third-order valence-corrected chi connectivity index (χ3v) is 6.15. The van der Waals surface area contributed by atoms with Crippen molar-refractivity contribution in [3.63, 3.8) is 0 Å². The van der Waals surface area contributed by atoms with Crippen molar-refractivity contribution in [2.45, 2.75) is 13.8 Å². The minimum Gasteiger partial charge on any atom is -0.376 e. The SMILES string of the molecule is Cc1ccc(NCC(=O)NNC(=O)c2cc3sc(N(C)C)nc3s2)c(C)c1. The van der Waals surface area contributed by atoms with Crippen LogP contribution in [-0.2, 0) is 4.79 Å². The molecule has 0 aliphatic heterocycles. The summed E-state index contributed by atoms with van der Waals surface area (Å²) in [5.41, 5.74) is 8.00. The molecule has 0 aliphatic rings. The molecule has 0 saturated carbocycles. The van der Waals surface area contributed by atoms with E-state index in [2.05, 4.69) is 21.2 Å². The lowest BCUT2D eigenvalue weighted by molar-refractivity contribution is -0.120. The van der Waals surface area contributed by atoms with Crippen molar-refractivity contribution >= 4 is 54.8 Å². The Morgan fingerprint density at radius 3 is 2.56 bits per heavy atom. The number of nitrogens with one attached hydrogen (secondary N) is 3. The summed E-state index contributed by atoms with van der Waals surface area (Å²) in [4.78, 5) is 31.9. The number of carbonyl (C=O) groups is 2. The van der Waals surface area contributed by atoms with Crippen molar-refractivity contribution in [2.24, 2.45) is 0 Å². The molecule has 3 rings (SSSR count). The van der Waals surface area contributed by atoms with Gasteiger partial charge in [-0.25, -0.2) is 4.98 Å². The number of thiophene rings is 1. The van der Waals surface area contributed by atoms with Crippen LogP contribution in [0.4, 0.5) is 10.8 Å². The number of rotatable bonds is 5. The number of carbonyl (C=O) groups excluding carboxylic acids is 2. The standard InChI is InChI=1S/C18H21N5O2S2/c1-10-5-6-12(11(2)7-10)19-9-15(24)21-22-16(25)13-8-14-17(26-13)20-18(27-14)23(3)4/h5-8,19H,9H2,1-4H3,(H,21,24)(H,22,25). The monoisotopic (exact) mass is 403 g/mol. The summed E-state index contributed by atoms with van der Waals surface area (Å²) >= 11 is 2.83. The van der Waals surface area contributed by atoms with Crippen LogP contribution in [0.1, 0.15) is 20.8 Å². The van der Waals surface area contributed by atoms with E-state index in [1.54, 1.807) is 6.07 Å². The van der Waals surface area contributed by atoms with Crippen molar-refractivity contribution in [2.75, 3.05) is 30.9 Å². The lowest BCUT2D eigenvalue weighted by Gasteiger charge is -2.11. The highest BCUT2D eigenvalue weighted by molar-refractivity contribution is 7.29. The first kappa shape index (κ1) is 19.1. The van der Waals surface area contributed by atoms with Crippen molar-refractivity contribution in [3.8, 4) is 0 Å². The fourth-order valence-corrected chi connectivity index (χ4v) is 4.48. The Morgan fingerprint density at radius 1 is 1.11 bits per heavy atom. The van der Waals surface area contributed by atoms with Crippen molar-refractivity contribution in [1.29, 1.82) is 0 Å². The van der Waals surface area contributed by atoms with Crippen LogP contribution in [0.15, 0.2) is 24.3 Å². The number of benzene rings is 1. The van der Waals surface area contributed by atoms with Gasteiger partial charge in [0.2, 0.25) is 0 Å². The number of hydrazine groups is 1. The molecule has 2 heterocycles. The third kappa shape index (κ3) is 4.55. The van der Waals surface area contributed by atoms with Crippen molar-refractivity contribution in [3.05, 3.63) is 40.3 Å². The highest BCUT2D eigenvalue weighted by Crippen LogP contribution is 2.33. The minimum atomic E-state index is -0.350. The first-order valence-corrected chi connectivity index (χ1v) is 9.95. The van der Waals surface area contributed by atoms with E-state index in [1.165, 1.54) is 22.7 Å². The largest absolute Gasteiger partial charge is 0.376 e. The Morgan fingerprint density at radius 2 is 1.89 bits per heavy atom. The van der Waals surface area contributed by atoms with E-state index in [0.717, 1.165) is 31.5 Å². The quantitative estimate of drug-likeness (QED) is 0.570. The molecule has 27 heavy (non-hydrogen) atoms. The number of anilines is 2. The zero-order chi connectivity index (χ0) is 19.6. The predicted octanol–water partition coefficient (Wildman–Crippen LogP) is 2.91. The molecular weight excluding hydrogens is 382 g/mol. The van der Waals surface area contributed by atoms with E-state index < -0.39 is 0 Å². The van der Waals surface area contributed by atoms with Crippen LogP contribution >= 0.6 is 22.7 Å². The molecule has 0 saturated heterocycles. The second-order valence-electron chi connectivity index (χ2n) is 6.35. The zero-order valence-corrected chi connectivity index (χ0v) is 17.2. The summed E-state index contributed by atoms with van der Waals surface area (Å²) in [6.07, 6.45) is 0. The van der Waals surface area contributed by atoms with Gasteiger partial charge in [0, 0.05) is 19.8 Å². The summed E-state index contributed by atoms with van der Waals surface area (Å²) in [6, 6.07) is 7.75. The van der Waals surface area contributed by atoms with E-state index in [4.69, 9.17) is 0 Å². The molecule has 0 bridgehead atoms. The van der Waals surface area contributed by atoms with Crippen molar-refractivity contribution < 1.29 is 9.59 Å². The summed E-state index contributed by atoms with van der Waals surface area (Å²) in [6.45, 7) is 4.06. The summed E-state index contributed by atoms with van der Waals surface area (Å²) in [5, 5.41) is 3.96. The fraction of sp³-hybridized carbons (Fsp3) is 0.278. The van der Waals surface area contributed by atoms with Gasteiger partial charge in [0.05, 0.1) is 16.1 Å². The summed E-state index contributed by atoms with van der Waals surface area (Å²) < 4.78 is 0.955. The van der Waals surface area contributed by atoms with Crippen LogP contribution in [-0.4, -0.2) is 37.4 Å². The first-order valence-electron chi connectivity index (χ1n) is 8.31. The van der Waals surface area contributed by atoms with Crippen LogP contribution < -0.4 is 21.1 Å². The first-order chi connectivity index (χ1) is 12.8. The van der Waals surface area contributed by atoms with Crippen LogP contribution in [0.25, 0.3) is 9.53 Å². The Hall–Kier alpha value is -2.65. The van der Waals surface area contributed by atoms with E-state index in [9.17, 15) is 9.59 Å². The zero-order valence-electron chi connectivity index (χ0n) is 15.5. The second-order valence-corrected chi connectivity index (χ2v) is 8.38. The van der Waals surface area contributed by atoms with Gasteiger partial charge in [-0.05, 0) is 31.5 Å². The lowest BCUT2D eigenvalue weighted by atomic mass is 10.1. The number of fused-ring (bicyclic) bond motifs is 1. The Bertz CT molecular complexity index is 961. The molecule has 0 atom stereocenters. The average molecular weight is 404 g/mol. The van der Waals surface area contributed by atoms with E-state index in [0.29, 0.717) is 4.88 Å². The Balaban J connectivity index is 1.52. The number of hydrogen-bond donors (Lipinski definition) is 3. The van der Waals surface area contributed by atoms with Crippen LogP contribution in [0.2, 0.25) is 0 Å². The van der Waals surface area contributed by atoms with E-state index >= 15 is 0 Å². The van der Waals surface area contributed by atoms with Crippen LogP contribution in [0, 0.1) is 13.8 Å². The van der Waals surface area contributed by atoms with Crippen molar-refractivity contribution in [1.82, 2.24) is 15.8 Å². The molecule has 0 fully saturated rings. The number of thiazole rings is 1. The smallest absolute Gasteiger partial charge is 0.279 e. The van der Waals surface area contributed by atoms with Gasteiger partial charge in [-0.15, -0.1) is 11.3 Å². The molecule has 2 aromatic heterocycles. The number of hydrogen-bond acceptors (Lipinski definition) is 7. The molecule has 0 radical (unpaired) electrons. The molecule has 9 heteroatoms. The molecule has 0 unspecified atom stereocenters. The van der Waals surface area contributed by atoms with Gasteiger partial charge in [-0.1, -0.05) is 29.0 Å². The predicted molar refractivity (Wildman–Crippen MR) is 112 cm³/mol. The van der Waals surface area contributed by atoms with Gasteiger partial charge < -0.3 is 10.2 Å². The van der Waals surface area contributed by atoms with Gasteiger partial charge in [0.15, 0.2) is 5.13 Å². The number of amides is 2. The molecule has 1 aromatic carbocycles. The third-order valence-electron chi connectivity index (χ3n) is 3.82. The normalized spacial score (nSPS) is 10.7. The maximum Gasteiger partial charge on any atom is 0.279 e. The highest BCUT2D eigenvalue weighted by Gasteiger charge is 2.15. The molecule has 0 aliphatic carbocycles. The molecular formula is C18H21N5O2S2. The average Bonchev–Trinajstić information content (AvgIpc) is 3.18. The fourth-order valence-electron chi connectivity index (χ4n) is 2.45. The second kappa shape index (κ2) is 7.93. The van der Waals surface area contributed by atoms with Gasteiger partial charge in [0.25, 0.3) is 11.8 Å². The number of aromatic nitrogens is 1. The maximum absolute atomic E-state index is 12.2. The highest BCUT2D eigenvalue weighted by atomic mass is 32.1. The molecule has 2 amide bonds. The van der Waals surface area contributed by atoms with Gasteiger partial charge >= 0.3 is 0 Å².